The van der Waals surface area contributed by atoms with Gasteiger partial charge < -0.3 is 20.1 Å². The fraction of sp³-hybridized carbons (Fsp3) is 0.375. The number of hydrogen-bond acceptors (Lipinski definition) is 3. The molecule has 2 rings (SSSR count). The molecule has 0 saturated heterocycles. The van der Waals surface area contributed by atoms with Crippen molar-refractivity contribution in [3.05, 3.63) is 33.9 Å². The summed E-state index contributed by atoms with van der Waals surface area (Å²) in [6, 6.07) is 2.25. The first-order valence-corrected chi connectivity index (χ1v) is 8.00. The number of carboxylic acid groups (broad SMARTS) is 1. The van der Waals surface area contributed by atoms with E-state index in [9.17, 15) is 14.7 Å². The summed E-state index contributed by atoms with van der Waals surface area (Å²) in [5, 5.41) is 13.1. The number of carboxylic acids is 1. The molecule has 2 aromatic rings. The number of carbonyl (C=O) groups is 2. The Hall–Kier alpha value is -1.92. The Bertz CT molecular complexity index is 780. The number of aromatic amines is 1. The topological polar surface area (TPSA) is 91.4 Å². The van der Waals surface area contributed by atoms with Gasteiger partial charge in [0, 0.05) is 23.5 Å². The molecule has 0 aliphatic carbocycles. The maximum absolute atomic E-state index is 11.8. The maximum Gasteiger partial charge on any atom is 0.408 e. The van der Waals surface area contributed by atoms with E-state index in [1.54, 1.807) is 39.1 Å². The van der Waals surface area contributed by atoms with E-state index in [1.165, 1.54) is 0 Å². The van der Waals surface area contributed by atoms with Crippen molar-refractivity contribution < 1.29 is 19.4 Å². The first kappa shape index (κ1) is 18.4. The van der Waals surface area contributed by atoms with E-state index in [4.69, 9.17) is 27.9 Å². The van der Waals surface area contributed by atoms with Gasteiger partial charge in [0.1, 0.15) is 11.6 Å². The van der Waals surface area contributed by atoms with Crippen LogP contribution in [0.1, 0.15) is 26.3 Å². The van der Waals surface area contributed by atoms with Crippen molar-refractivity contribution in [3.8, 4) is 0 Å². The number of H-pyrrole nitrogens is 1. The number of benzene rings is 1. The molecular formula is C16H18Cl2N2O4. The Morgan fingerprint density at radius 1 is 1.33 bits per heavy atom. The Balaban J connectivity index is 2.24. The number of amides is 1. The lowest BCUT2D eigenvalue weighted by Crippen LogP contribution is -2.44. The Kier molecular flexibility index (Phi) is 5.30. The average molecular weight is 373 g/mol. The van der Waals surface area contributed by atoms with Crippen molar-refractivity contribution in [1.29, 1.82) is 0 Å². The molecule has 0 radical (unpaired) electrons. The molecule has 6 nitrogen and oxygen atoms in total. The minimum Gasteiger partial charge on any atom is -0.480 e. The molecule has 0 bridgehead atoms. The van der Waals surface area contributed by atoms with E-state index in [1.807, 2.05) is 0 Å². The Labute approximate surface area is 149 Å². The quantitative estimate of drug-likeness (QED) is 0.756. The summed E-state index contributed by atoms with van der Waals surface area (Å²) in [6.07, 6.45) is 0.896. The minimum absolute atomic E-state index is 0.0363. The van der Waals surface area contributed by atoms with E-state index in [-0.39, 0.29) is 6.42 Å². The van der Waals surface area contributed by atoms with Gasteiger partial charge in [-0.1, -0.05) is 23.2 Å². The van der Waals surface area contributed by atoms with Crippen molar-refractivity contribution >= 4 is 46.2 Å². The molecule has 130 valence electrons. The molecule has 24 heavy (non-hydrogen) atoms. The number of nitrogens with one attached hydrogen (secondary N) is 2. The summed E-state index contributed by atoms with van der Waals surface area (Å²) in [7, 11) is 0. The van der Waals surface area contributed by atoms with Crippen LogP contribution in [0.3, 0.4) is 0 Å². The van der Waals surface area contributed by atoms with Crippen LogP contribution in [-0.2, 0) is 16.0 Å². The van der Waals surface area contributed by atoms with Crippen LogP contribution in [0.4, 0.5) is 4.79 Å². The number of hydrogen-bond donors (Lipinski definition) is 3. The molecule has 0 saturated carbocycles. The van der Waals surface area contributed by atoms with Crippen LogP contribution in [0, 0.1) is 0 Å². The monoisotopic (exact) mass is 372 g/mol. The van der Waals surface area contributed by atoms with Crippen molar-refractivity contribution in [2.45, 2.75) is 38.8 Å². The fourth-order valence-electron chi connectivity index (χ4n) is 2.25. The molecule has 0 aliphatic rings. The van der Waals surface area contributed by atoms with Crippen LogP contribution in [0.15, 0.2) is 18.3 Å². The third kappa shape index (κ3) is 4.33. The second kappa shape index (κ2) is 6.91. The third-order valence-electron chi connectivity index (χ3n) is 3.23. The van der Waals surface area contributed by atoms with Gasteiger partial charge in [-0.05, 0) is 38.5 Å². The number of aromatic nitrogens is 1. The zero-order valence-electron chi connectivity index (χ0n) is 13.4. The smallest absolute Gasteiger partial charge is 0.408 e. The second-order valence-corrected chi connectivity index (χ2v) is 7.12. The molecule has 0 fully saturated rings. The number of rotatable bonds is 4. The first-order valence-electron chi connectivity index (χ1n) is 7.25. The lowest BCUT2D eigenvalue weighted by molar-refractivity contribution is -0.139. The Morgan fingerprint density at radius 3 is 2.58 bits per heavy atom. The van der Waals surface area contributed by atoms with Crippen LogP contribution < -0.4 is 5.32 Å². The maximum atomic E-state index is 11.8. The average Bonchev–Trinajstić information content (AvgIpc) is 2.83. The number of carbonyl (C=O) groups excluding carboxylic acids is 1. The number of ether oxygens (including phenoxy) is 1. The summed E-state index contributed by atoms with van der Waals surface area (Å²) in [5.74, 6) is -1.17. The summed E-state index contributed by atoms with van der Waals surface area (Å²) in [5.41, 5.74) is 0.659. The van der Waals surface area contributed by atoms with Crippen LogP contribution in [-0.4, -0.2) is 33.8 Å². The summed E-state index contributed by atoms with van der Waals surface area (Å²) < 4.78 is 5.10. The minimum atomic E-state index is -1.17. The van der Waals surface area contributed by atoms with Crippen molar-refractivity contribution in [3.63, 3.8) is 0 Å². The molecule has 1 unspecified atom stereocenters. The molecule has 1 amide bonds. The van der Waals surface area contributed by atoms with Crippen LogP contribution in [0.25, 0.3) is 10.9 Å². The van der Waals surface area contributed by atoms with Gasteiger partial charge in [-0.15, -0.1) is 0 Å². The highest BCUT2D eigenvalue weighted by Gasteiger charge is 2.25. The predicted octanol–water partition coefficient (Wildman–Crippen LogP) is 4.00. The molecule has 8 heteroatoms. The summed E-state index contributed by atoms with van der Waals surface area (Å²) in [4.78, 5) is 26.3. The Morgan fingerprint density at radius 2 is 2.00 bits per heavy atom. The number of aliphatic carboxylic acids is 1. The van der Waals surface area contributed by atoms with Crippen LogP contribution in [0.5, 0.6) is 0 Å². The van der Waals surface area contributed by atoms with Gasteiger partial charge in [-0.2, -0.15) is 0 Å². The van der Waals surface area contributed by atoms with Gasteiger partial charge in [0.25, 0.3) is 0 Å². The molecule has 1 atom stereocenters. The molecule has 0 aliphatic heterocycles. The molecule has 0 spiro atoms. The van der Waals surface area contributed by atoms with Crippen molar-refractivity contribution in [1.82, 2.24) is 10.3 Å². The zero-order valence-corrected chi connectivity index (χ0v) is 15.0. The third-order valence-corrected chi connectivity index (χ3v) is 4.04. The molecular weight excluding hydrogens is 355 g/mol. The molecule has 1 heterocycles. The van der Waals surface area contributed by atoms with E-state index >= 15 is 0 Å². The summed E-state index contributed by atoms with van der Waals surface area (Å²) in [6.45, 7) is 5.09. The number of halogens is 2. The second-order valence-electron chi connectivity index (χ2n) is 6.34. The molecule has 1 aromatic heterocycles. The van der Waals surface area contributed by atoms with Gasteiger partial charge in [0.15, 0.2) is 0 Å². The van der Waals surface area contributed by atoms with E-state index in [0.29, 0.717) is 21.0 Å². The number of alkyl carbamates (subject to hydrolysis) is 1. The largest absolute Gasteiger partial charge is 0.480 e. The highest BCUT2D eigenvalue weighted by molar-refractivity contribution is 6.45. The van der Waals surface area contributed by atoms with Gasteiger partial charge in [0.2, 0.25) is 0 Å². The molecule has 3 N–H and O–H groups in total. The number of fused-ring (bicyclic) bond motifs is 1. The highest BCUT2D eigenvalue weighted by Crippen LogP contribution is 2.33. The van der Waals surface area contributed by atoms with Gasteiger partial charge in [-0.3, -0.25) is 0 Å². The van der Waals surface area contributed by atoms with E-state index in [2.05, 4.69) is 10.3 Å². The summed E-state index contributed by atoms with van der Waals surface area (Å²) >= 11 is 12.2. The van der Waals surface area contributed by atoms with Crippen molar-refractivity contribution in [2.75, 3.05) is 0 Å². The highest BCUT2D eigenvalue weighted by atomic mass is 35.5. The van der Waals surface area contributed by atoms with Crippen LogP contribution in [0.2, 0.25) is 10.0 Å². The molecule has 1 aromatic carbocycles. The van der Waals surface area contributed by atoms with Crippen LogP contribution >= 0.6 is 23.2 Å². The SMILES string of the molecule is CC(C)(C)OC(=O)NC(Cc1c[nH]c2ccc(Cl)c(Cl)c12)C(=O)O. The van der Waals surface area contributed by atoms with Gasteiger partial charge in [-0.25, -0.2) is 9.59 Å². The normalized spacial score (nSPS) is 12.9. The lowest BCUT2D eigenvalue weighted by Gasteiger charge is -2.22. The van der Waals surface area contributed by atoms with Crippen molar-refractivity contribution in [2.24, 2.45) is 0 Å². The van der Waals surface area contributed by atoms with Gasteiger partial charge in [0.05, 0.1) is 10.0 Å². The van der Waals surface area contributed by atoms with E-state index in [0.717, 1.165) is 5.52 Å². The fourth-order valence-corrected chi connectivity index (χ4v) is 2.70. The van der Waals surface area contributed by atoms with E-state index < -0.39 is 23.7 Å². The first-order chi connectivity index (χ1) is 11.1. The zero-order chi connectivity index (χ0) is 18.1. The predicted molar refractivity (Wildman–Crippen MR) is 92.8 cm³/mol. The van der Waals surface area contributed by atoms with Gasteiger partial charge >= 0.3 is 12.1 Å². The standard InChI is InChI=1S/C16H18Cl2N2O4/c1-16(2,3)24-15(23)20-11(14(21)22)6-8-7-19-10-5-4-9(17)13(18)12(8)10/h4-5,7,11,19H,6H2,1-3H3,(H,20,23)(H,21,22). The lowest BCUT2D eigenvalue weighted by atomic mass is 10.1.